The van der Waals surface area contributed by atoms with Crippen LogP contribution in [0.2, 0.25) is 0 Å². The summed E-state index contributed by atoms with van der Waals surface area (Å²) in [7, 11) is 3.79. The van der Waals surface area contributed by atoms with E-state index in [1.54, 1.807) is 37.5 Å². The topological polar surface area (TPSA) is 116 Å². The predicted molar refractivity (Wildman–Crippen MR) is 153 cm³/mol. The Morgan fingerprint density at radius 2 is 1.98 bits per heavy atom. The van der Waals surface area contributed by atoms with Crippen LogP contribution in [-0.2, 0) is 6.18 Å². The average Bonchev–Trinajstić information content (AvgIpc) is 3.64. The molecule has 0 spiro atoms. The van der Waals surface area contributed by atoms with Gasteiger partial charge in [-0.2, -0.15) is 13.2 Å². The minimum Gasteiger partial charge on any atom is -0.396 e. The summed E-state index contributed by atoms with van der Waals surface area (Å²) in [6, 6.07) is 9.08. The smallest absolute Gasteiger partial charge is 0.396 e. The van der Waals surface area contributed by atoms with E-state index in [0.29, 0.717) is 39.7 Å². The maximum Gasteiger partial charge on any atom is 0.416 e. The lowest BCUT2D eigenvalue weighted by Gasteiger charge is -2.34. The highest BCUT2D eigenvalue weighted by Gasteiger charge is 2.42. The Hall–Kier alpha value is -3.81. The first-order valence-electron chi connectivity index (χ1n) is 12.7. The number of carbonyl (C=O) groups excluding carboxylic acids is 1. The fourth-order valence-corrected chi connectivity index (χ4v) is 5.92. The molecule has 9 nitrogen and oxygen atoms in total. The van der Waals surface area contributed by atoms with Crippen molar-refractivity contribution in [1.82, 2.24) is 9.88 Å². The molecule has 2 aliphatic heterocycles. The normalized spacial score (nSPS) is 19.3. The van der Waals surface area contributed by atoms with Gasteiger partial charge in [-0.25, -0.2) is 10.8 Å². The van der Waals surface area contributed by atoms with Crippen molar-refractivity contribution in [1.29, 1.82) is 0 Å². The molecule has 5 rings (SSSR count). The van der Waals surface area contributed by atoms with Crippen molar-refractivity contribution in [2.75, 3.05) is 47.7 Å². The summed E-state index contributed by atoms with van der Waals surface area (Å²) in [6.45, 7) is 3.27. The highest BCUT2D eigenvalue weighted by molar-refractivity contribution is 7.16. The molecule has 2 bridgehead atoms. The van der Waals surface area contributed by atoms with Crippen LogP contribution in [0, 0.1) is 6.92 Å². The summed E-state index contributed by atoms with van der Waals surface area (Å²) in [6.07, 6.45) is -0.492. The molecular weight excluding hydrogens is 541 g/mol. The number of aryl methyl sites for hydroxylation is 1. The third kappa shape index (κ3) is 5.58. The molecule has 2 fully saturated rings. The molecule has 0 saturated carbocycles. The zero-order valence-electron chi connectivity index (χ0n) is 22.3. The average molecular weight is 573 g/mol. The first-order chi connectivity index (χ1) is 18.9. The Labute approximate surface area is 234 Å². The zero-order valence-corrected chi connectivity index (χ0v) is 23.1. The molecule has 2 aliphatic rings. The van der Waals surface area contributed by atoms with E-state index < -0.39 is 17.6 Å². The number of halogens is 3. The standard InChI is InChI=1S/C27H31F3N8OS/c1-15-4-5-16(6-23(15)38(32)14-22(31)24-11-34-26(33-2)40-24)25(39)35-18-7-17(27(28,29)30)8-19(9-18)37-13-20-10-21(37)12-36(20)3/h4-9,11,14,20-21H,10,12-13,31-32H2,1-3H3,(H,33,34)(H,35,39)/b22-14-. The number of hydrogen-bond acceptors (Lipinski definition) is 9. The molecule has 1 amide bonds. The third-order valence-corrected chi connectivity index (χ3v) is 8.44. The third-order valence-electron chi connectivity index (χ3n) is 7.38. The van der Waals surface area contributed by atoms with Crippen LogP contribution in [0.5, 0.6) is 0 Å². The maximum atomic E-state index is 13.8. The number of aromatic nitrogens is 1. The van der Waals surface area contributed by atoms with E-state index in [1.165, 1.54) is 22.5 Å². The lowest BCUT2D eigenvalue weighted by molar-refractivity contribution is -0.137. The van der Waals surface area contributed by atoms with Crippen LogP contribution in [0.15, 0.2) is 48.8 Å². The molecule has 6 N–H and O–H groups in total. The van der Waals surface area contributed by atoms with Gasteiger partial charge in [-0.15, -0.1) is 0 Å². The molecule has 1 aromatic heterocycles. The number of anilines is 4. The van der Waals surface area contributed by atoms with Crippen LogP contribution >= 0.6 is 11.3 Å². The fourth-order valence-electron chi connectivity index (χ4n) is 5.23. The van der Waals surface area contributed by atoms with Gasteiger partial charge in [0.15, 0.2) is 5.13 Å². The Balaban J connectivity index is 1.39. The number of piperazine rings is 1. The number of alkyl halides is 3. The number of benzene rings is 2. The molecule has 0 aliphatic carbocycles. The monoisotopic (exact) mass is 572 g/mol. The minimum absolute atomic E-state index is 0.0763. The lowest BCUT2D eigenvalue weighted by atomic mass is 10.1. The summed E-state index contributed by atoms with van der Waals surface area (Å²) in [5.41, 5.74) is 7.83. The minimum atomic E-state index is -4.56. The largest absolute Gasteiger partial charge is 0.416 e. The molecule has 2 aromatic carbocycles. The number of carbonyl (C=O) groups is 1. The molecule has 212 valence electrons. The van der Waals surface area contributed by atoms with E-state index in [9.17, 15) is 18.0 Å². The van der Waals surface area contributed by atoms with Crippen molar-refractivity contribution in [3.05, 3.63) is 70.4 Å². The number of thiazole rings is 1. The van der Waals surface area contributed by atoms with Gasteiger partial charge in [0.25, 0.3) is 5.91 Å². The van der Waals surface area contributed by atoms with Crippen LogP contribution in [-0.4, -0.2) is 55.1 Å². The van der Waals surface area contributed by atoms with Crippen LogP contribution in [0.4, 0.5) is 35.4 Å². The number of nitrogens with one attached hydrogen (secondary N) is 2. The number of likely N-dealkylation sites (N-methyl/N-ethyl adjacent to an activating group) is 1. The molecular formula is C27H31F3N8OS. The van der Waals surface area contributed by atoms with Crippen LogP contribution in [0.25, 0.3) is 5.70 Å². The van der Waals surface area contributed by atoms with Crippen LogP contribution in [0.1, 0.15) is 32.8 Å². The van der Waals surface area contributed by atoms with Crippen LogP contribution in [0.3, 0.4) is 0 Å². The van der Waals surface area contributed by atoms with Crippen molar-refractivity contribution >= 4 is 45.1 Å². The summed E-state index contributed by atoms with van der Waals surface area (Å²) >= 11 is 1.36. The number of amides is 1. The number of hydrogen-bond donors (Lipinski definition) is 4. The van der Waals surface area contributed by atoms with Gasteiger partial charge >= 0.3 is 6.18 Å². The molecule has 0 radical (unpaired) electrons. The molecule has 2 saturated heterocycles. The zero-order chi connectivity index (χ0) is 28.8. The molecule has 3 aromatic rings. The van der Waals surface area contributed by atoms with E-state index in [-0.39, 0.29) is 17.3 Å². The number of nitrogens with two attached hydrogens (primary N) is 2. The van der Waals surface area contributed by atoms with Crippen molar-refractivity contribution in [2.45, 2.75) is 31.6 Å². The molecule has 3 heterocycles. The number of likely N-dealkylation sites (tertiary alicyclic amines) is 1. The van der Waals surface area contributed by atoms with Crippen molar-refractivity contribution in [2.24, 2.45) is 11.6 Å². The molecule has 2 atom stereocenters. The van der Waals surface area contributed by atoms with Gasteiger partial charge in [-0.1, -0.05) is 17.4 Å². The van der Waals surface area contributed by atoms with Gasteiger partial charge in [-0.3, -0.25) is 14.7 Å². The number of hydrazine groups is 1. The molecule has 2 unspecified atom stereocenters. The highest BCUT2D eigenvalue weighted by Crippen LogP contribution is 2.39. The van der Waals surface area contributed by atoms with E-state index in [0.717, 1.165) is 30.7 Å². The van der Waals surface area contributed by atoms with E-state index in [2.05, 4.69) is 20.5 Å². The van der Waals surface area contributed by atoms with E-state index >= 15 is 0 Å². The van der Waals surface area contributed by atoms with Gasteiger partial charge in [0.1, 0.15) is 0 Å². The lowest BCUT2D eigenvalue weighted by Crippen LogP contribution is -2.44. The van der Waals surface area contributed by atoms with Gasteiger partial charge in [-0.05, 0) is 56.3 Å². The Kier molecular flexibility index (Phi) is 7.38. The SMILES string of the molecule is CNc1ncc(/C(N)=C/N(N)c2cc(C(=O)Nc3cc(N4CC5CC4CN5C)cc(C(F)(F)F)c3)ccc2C)s1. The van der Waals surface area contributed by atoms with E-state index in [1.807, 2.05) is 18.9 Å². The molecule has 13 heteroatoms. The van der Waals surface area contributed by atoms with Gasteiger partial charge < -0.3 is 21.3 Å². The number of nitrogens with zero attached hydrogens (tertiary/aromatic N) is 4. The highest BCUT2D eigenvalue weighted by atomic mass is 32.1. The summed E-state index contributed by atoms with van der Waals surface area (Å²) < 4.78 is 41.4. The van der Waals surface area contributed by atoms with Gasteiger partial charge in [0, 0.05) is 61.6 Å². The fraction of sp³-hybridized carbons (Fsp3) is 0.333. The van der Waals surface area contributed by atoms with Crippen LogP contribution < -0.4 is 32.1 Å². The number of fused-ring (bicyclic) bond motifs is 2. The first-order valence-corrected chi connectivity index (χ1v) is 13.5. The van der Waals surface area contributed by atoms with E-state index in [4.69, 9.17) is 11.6 Å². The van der Waals surface area contributed by atoms with Crippen molar-refractivity contribution in [3.63, 3.8) is 0 Å². The summed E-state index contributed by atoms with van der Waals surface area (Å²) in [5.74, 6) is 5.72. The maximum absolute atomic E-state index is 13.8. The summed E-state index contributed by atoms with van der Waals surface area (Å²) in [4.78, 5) is 22.4. The Morgan fingerprint density at radius 1 is 1.20 bits per heavy atom. The van der Waals surface area contributed by atoms with Gasteiger partial charge in [0.05, 0.1) is 21.8 Å². The second-order valence-electron chi connectivity index (χ2n) is 10.1. The van der Waals surface area contributed by atoms with Gasteiger partial charge in [0.2, 0.25) is 0 Å². The first kappa shape index (κ1) is 27.7. The molecule has 40 heavy (non-hydrogen) atoms. The second-order valence-corrected chi connectivity index (χ2v) is 11.2. The quantitative estimate of drug-likeness (QED) is 0.245. The van der Waals surface area contributed by atoms with Crippen molar-refractivity contribution in [3.8, 4) is 0 Å². The number of rotatable bonds is 7. The Bertz CT molecular complexity index is 1450. The summed E-state index contributed by atoms with van der Waals surface area (Å²) in [5, 5.41) is 7.61. The second kappa shape index (κ2) is 10.6. The Morgan fingerprint density at radius 3 is 2.60 bits per heavy atom. The predicted octanol–water partition coefficient (Wildman–Crippen LogP) is 4.29. The van der Waals surface area contributed by atoms with Crippen molar-refractivity contribution < 1.29 is 18.0 Å².